The maximum absolute atomic E-state index is 12.5. The van der Waals surface area contributed by atoms with Gasteiger partial charge in [-0.25, -0.2) is 4.98 Å². The Hall–Kier alpha value is -2.38. The number of amides is 1. The molecule has 1 aliphatic heterocycles. The quantitative estimate of drug-likeness (QED) is 0.694. The van der Waals surface area contributed by atoms with Crippen LogP contribution in [0.2, 0.25) is 0 Å². The molecule has 1 amide bonds. The van der Waals surface area contributed by atoms with E-state index in [1.807, 2.05) is 13.0 Å². The molecule has 2 N–H and O–H groups in total. The summed E-state index contributed by atoms with van der Waals surface area (Å²) in [5.74, 6) is 0.0187. The molecule has 0 radical (unpaired) electrons. The van der Waals surface area contributed by atoms with Crippen molar-refractivity contribution >= 4 is 33.3 Å². The maximum atomic E-state index is 12.5. The van der Waals surface area contributed by atoms with Crippen molar-refractivity contribution in [1.82, 2.24) is 15.3 Å². The number of aromatic nitrogens is 2. The van der Waals surface area contributed by atoms with Gasteiger partial charge in [0.1, 0.15) is 4.88 Å². The standard InChI is InChI=1S/C21H24N4O2S/c1-13-19(20(26)24-15-6-7-15)28-21(23-13)25-8-9-27-12-16(25)10-14-11-22-18-5-3-2-4-17(14)18/h2-5,11,15-16,22H,6-10,12H2,1H3,(H,24,26)/t16-/m0/s1. The molecule has 1 aromatic carbocycles. The molecule has 1 saturated heterocycles. The second-order valence-electron chi connectivity index (χ2n) is 7.64. The van der Waals surface area contributed by atoms with Crippen LogP contribution in [0, 0.1) is 6.92 Å². The van der Waals surface area contributed by atoms with Gasteiger partial charge in [-0.3, -0.25) is 4.79 Å². The van der Waals surface area contributed by atoms with Crippen molar-refractivity contribution in [3.8, 4) is 0 Å². The van der Waals surface area contributed by atoms with Crippen LogP contribution in [0.25, 0.3) is 10.9 Å². The van der Waals surface area contributed by atoms with Crippen LogP contribution in [-0.4, -0.2) is 47.7 Å². The predicted octanol–water partition coefficient (Wildman–Crippen LogP) is 3.27. The number of aromatic amines is 1. The predicted molar refractivity (Wildman–Crippen MR) is 111 cm³/mol. The third-order valence-electron chi connectivity index (χ3n) is 5.51. The lowest BCUT2D eigenvalue weighted by Gasteiger charge is -2.35. The Labute approximate surface area is 167 Å². The second-order valence-corrected chi connectivity index (χ2v) is 8.62. The average molecular weight is 397 g/mol. The van der Waals surface area contributed by atoms with Gasteiger partial charge in [-0.1, -0.05) is 29.5 Å². The number of anilines is 1. The molecule has 6 nitrogen and oxygen atoms in total. The summed E-state index contributed by atoms with van der Waals surface area (Å²) in [6, 6.07) is 8.94. The Morgan fingerprint density at radius 3 is 3.11 bits per heavy atom. The number of fused-ring (bicyclic) bond motifs is 1. The highest BCUT2D eigenvalue weighted by Gasteiger charge is 2.30. The Bertz CT molecular complexity index is 1010. The van der Waals surface area contributed by atoms with Crippen LogP contribution < -0.4 is 10.2 Å². The fourth-order valence-corrected chi connectivity index (χ4v) is 4.89. The molecule has 7 heteroatoms. The van der Waals surface area contributed by atoms with Gasteiger partial charge < -0.3 is 19.9 Å². The van der Waals surface area contributed by atoms with Gasteiger partial charge in [-0.15, -0.1) is 0 Å². The van der Waals surface area contributed by atoms with Gasteiger partial charge in [0.05, 0.1) is 24.9 Å². The number of hydrogen-bond donors (Lipinski definition) is 2. The number of para-hydroxylation sites is 1. The zero-order valence-corrected chi connectivity index (χ0v) is 16.7. The van der Waals surface area contributed by atoms with Gasteiger partial charge in [0.25, 0.3) is 5.91 Å². The highest BCUT2D eigenvalue weighted by atomic mass is 32.1. The molecule has 0 bridgehead atoms. The number of benzene rings is 1. The minimum absolute atomic E-state index is 0.0187. The molecule has 2 fully saturated rings. The van der Waals surface area contributed by atoms with Crippen molar-refractivity contribution in [2.45, 2.75) is 38.3 Å². The van der Waals surface area contributed by atoms with Crippen LogP contribution >= 0.6 is 11.3 Å². The Balaban J connectivity index is 1.39. The number of thiazole rings is 1. The normalized spacial score (nSPS) is 19.9. The molecule has 1 atom stereocenters. The lowest BCUT2D eigenvalue weighted by atomic mass is 10.0. The number of hydrogen-bond acceptors (Lipinski definition) is 5. The Morgan fingerprint density at radius 2 is 2.25 bits per heavy atom. The van der Waals surface area contributed by atoms with Gasteiger partial charge in [0, 0.05) is 29.7 Å². The van der Waals surface area contributed by atoms with E-state index < -0.39 is 0 Å². The number of nitrogens with one attached hydrogen (secondary N) is 2. The molecule has 0 spiro atoms. The van der Waals surface area contributed by atoms with Crippen LogP contribution in [0.5, 0.6) is 0 Å². The number of aryl methyl sites for hydroxylation is 1. The summed E-state index contributed by atoms with van der Waals surface area (Å²) in [7, 11) is 0. The highest BCUT2D eigenvalue weighted by Crippen LogP contribution is 2.31. The fourth-order valence-electron chi connectivity index (χ4n) is 3.82. The fraction of sp³-hybridized carbons (Fsp3) is 0.429. The molecule has 1 saturated carbocycles. The van der Waals surface area contributed by atoms with Crippen LogP contribution in [-0.2, 0) is 11.2 Å². The summed E-state index contributed by atoms with van der Waals surface area (Å²) in [6.45, 7) is 4.08. The first kappa shape index (κ1) is 17.7. The monoisotopic (exact) mass is 396 g/mol. The summed E-state index contributed by atoms with van der Waals surface area (Å²) in [5, 5.41) is 5.26. The van der Waals surface area contributed by atoms with E-state index in [1.54, 1.807) is 0 Å². The minimum atomic E-state index is 0.0187. The molecular formula is C21H24N4O2S. The minimum Gasteiger partial charge on any atom is -0.377 e. The molecule has 2 aromatic heterocycles. The Morgan fingerprint density at radius 1 is 1.39 bits per heavy atom. The second kappa shape index (κ2) is 7.22. The summed E-state index contributed by atoms with van der Waals surface area (Å²) in [4.78, 5) is 23.7. The zero-order chi connectivity index (χ0) is 19.1. The molecule has 1 aliphatic carbocycles. The zero-order valence-electron chi connectivity index (χ0n) is 15.9. The largest absolute Gasteiger partial charge is 0.377 e. The van der Waals surface area contributed by atoms with Gasteiger partial charge in [0.15, 0.2) is 5.13 Å². The first-order valence-corrected chi connectivity index (χ1v) is 10.7. The van der Waals surface area contributed by atoms with E-state index >= 15 is 0 Å². The van der Waals surface area contributed by atoms with Gasteiger partial charge >= 0.3 is 0 Å². The van der Waals surface area contributed by atoms with Crippen molar-refractivity contribution in [2.75, 3.05) is 24.7 Å². The molecule has 146 valence electrons. The molecule has 2 aliphatic rings. The van der Waals surface area contributed by atoms with E-state index in [0.717, 1.165) is 47.0 Å². The van der Waals surface area contributed by atoms with Crippen molar-refractivity contribution in [2.24, 2.45) is 0 Å². The van der Waals surface area contributed by atoms with Crippen LogP contribution in [0.15, 0.2) is 30.5 Å². The Kier molecular flexibility index (Phi) is 4.56. The van der Waals surface area contributed by atoms with Crippen molar-refractivity contribution in [1.29, 1.82) is 0 Å². The van der Waals surface area contributed by atoms with E-state index in [9.17, 15) is 4.79 Å². The number of ether oxygens (including phenoxy) is 1. The van der Waals surface area contributed by atoms with E-state index in [0.29, 0.717) is 19.3 Å². The third kappa shape index (κ3) is 3.40. The lowest BCUT2D eigenvalue weighted by molar-refractivity contribution is 0.0941. The van der Waals surface area contributed by atoms with E-state index in [1.165, 1.54) is 22.3 Å². The number of H-pyrrole nitrogens is 1. The summed E-state index contributed by atoms with van der Waals surface area (Å²) in [6.07, 6.45) is 5.16. The maximum Gasteiger partial charge on any atom is 0.263 e. The summed E-state index contributed by atoms with van der Waals surface area (Å²) >= 11 is 1.50. The number of morpholine rings is 1. The topological polar surface area (TPSA) is 70.2 Å². The van der Waals surface area contributed by atoms with Crippen LogP contribution in [0.3, 0.4) is 0 Å². The molecule has 3 heterocycles. The number of nitrogens with zero attached hydrogens (tertiary/aromatic N) is 2. The van der Waals surface area contributed by atoms with Crippen LogP contribution in [0.1, 0.15) is 33.8 Å². The van der Waals surface area contributed by atoms with E-state index in [-0.39, 0.29) is 11.9 Å². The first-order chi connectivity index (χ1) is 13.7. The van der Waals surface area contributed by atoms with Crippen molar-refractivity contribution in [3.05, 3.63) is 46.6 Å². The summed E-state index contributed by atoms with van der Waals surface area (Å²) in [5.41, 5.74) is 3.26. The van der Waals surface area contributed by atoms with Gasteiger partial charge in [-0.2, -0.15) is 0 Å². The van der Waals surface area contributed by atoms with Crippen molar-refractivity contribution in [3.63, 3.8) is 0 Å². The van der Waals surface area contributed by atoms with Gasteiger partial charge in [0.2, 0.25) is 0 Å². The van der Waals surface area contributed by atoms with Gasteiger partial charge in [-0.05, 0) is 37.8 Å². The lowest BCUT2D eigenvalue weighted by Crippen LogP contribution is -2.46. The molecule has 3 aromatic rings. The van der Waals surface area contributed by atoms with Crippen molar-refractivity contribution < 1.29 is 9.53 Å². The first-order valence-electron chi connectivity index (χ1n) is 9.86. The van der Waals surface area contributed by atoms with Crippen LogP contribution in [0.4, 0.5) is 5.13 Å². The number of rotatable bonds is 5. The molecule has 0 unspecified atom stereocenters. The van der Waals surface area contributed by atoms with E-state index in [4.69, 9.17) is 9.72 Å². The van der Waals surface area contributed by atoms with E-state index in [2.05, 4.69) is 39.6 Å². The molecule has 5 rings (SSSR count). The molecule has 28 heavy (non-hydrogen) atoms. The highest BCUT2D eigenvalue weighted by molar-refractivity contribution is 7.17. The third-order valence-corrected chi connectivity index (χ3v) is 6.70. The summed E-state index contributed by atoms with van der Waals surface area (Å²) < 4.78 is 5.79. The average Bonchev–Trinajstić information content (AvgIpc) is 3.30. The number of carbonyl (C=O) groups excluding carboxylic acids is 1. The SMILES string of the molecule is Cc1nc(N2CCOC[C@@H]2Cc2c[nH]c3ccccc23)sc1C(=O)NC1CC1. The number of carbonyl (C=O) groups is 1. The smallest absolute Gasteiger partial charge is 0.263 e. The molecular weight excluding hydrogens is 372 g/mol.